The molecular formula is C25H32NO2+. The van der Waals surface area contributed by atoms with Gasteiger partial charge in [0.05, 0.1) is 25.2 Å². The maximum atomic E-state index is 13.1. The van der Waals surface area contributed by atoms with Crippen molar-refractivity contribution in [3.05, 3.63) is 60.2 Å². The van der Waals surface area contributed by atoms with E-state index in [1.54, 1.807) is 0 Å². The highest BCUT2D eigenvalue weighted by Crippen LogP contribution is 2.29. The highest BCUT2D eigenvalue weighted by Gasteiger charge is 2.24. The predicted molar refractivity (Wildman–Crippen MR) is 118 cm³/mol. The molecule has 3 aromatic carbocycles. The normalized spacial score (nSPS) is 11.8. The molecule has 0 saturated heterocycles. The van der Waals surface area contributed by atoms with Gasteiger partial charge in [-0.15, -0.1) is 0 Å². The first kappa shape index (κ1) is 20.3. The van der Waals surface area contributed by atoms with E-state index in [0.29, 0.717) is 12.2 Å². The van der Waals surface area contributed by atoms with Gasteiger partial charge in [-0.2, -0.15) is 0 Å². The third kappa shape index (κ3) is 4.20. The summed E-state index contributed by atoms with van der Waals surface area (Å²) in [6.45, 7) is 11.4. The van der Waals surface area contributed by atoms with E-state index in [1.165, 1.54) is 0 Å². The monoisotopic (exact) mass is 378 g/mol. The van der Waals surface area contributed by atoms with Crippen LogP contribution in [0.15, 0.2) is 54.6 Å². The number of fused-ring (bicyclic) bond motifs is 2. The number of hydrogen-bond acceptors (Lipinski definition) is 2. The zero-order valence-corrected chi connectivity index (χ0v) is 17.4. The van der Waals surface area contributed by atoms with Crippen LogP contribution in [0.3, 0.4) is 0 Å². The van der Waals surface area contributed by atoms with Gasteiger partial charge in [-0.05, 0) is 47.4 Å². The van der Waals surface area contributed by atoms with Crippen LogP contribution in [0.4, 0.5) is 0 Å². The van der Waals surface area contributed by atoms with Crippen LogP contribution in [0, 0.1) is 0 Å². The van der Waals surface area contributed by atoms with Crippen LogP contribution in [0.1, 0.15) is 44.0 Å². The number of ether oxygens (including phenoxy) is 1. The lowest BCUT2D eigenvalue weighted by molar-refractivity contribution is -0.926. The molecule has 3 heteroatoms. The first-order valence-corrected chi connectivity index (χ1v) is 10.6. The smallest absolute Gasteiger partial charge is 0.339 e. The van der Waals surface area contributed by atoms with E-state index in [4.69, 9.17) is 4.74 Å². The Kier molecular flexibility index (Phi) is 6.69. The number of hydrogen-bond donors (Lipinski definition) is 0. The van der Waals surface area contributed by atoms with E-state index in [-0.39, 0.29) is 5.97 Å². The topological polar surface area (TPSA) is 26.3 Å². The number of carbonyl (C=O) groups is 1. The average molecular weight is 379 g/mol. The minimum atomic E-state index is -0.213. The molecule has 0 amide bonds. The summed E-state index contributed by atoms with van der Waals surface area (Å²) in [7, 11) is 0. The number of benzene rings is 3. The van der Waals surface area contributed by atoms with Gasteiger partial charge in [0.2, 0.25) is 0 Å². The molecule has 3 rings (SSSR count). The molecule has 0 unspecified atom stereocenters. The van der Waals surface area contributed by atoms with Crippen molar-refractivity contribution >= 4 is 27.5 Å². The van der Waals surface area contributed by atoms with Crippen molar-refractivity contribution in [1.29, 1.82) is 0 Å². The number of esters is 1. The van der Waals surface area contributed by atoms with Gasteiger partial charge in [-0.3, -0.25) is 0 Å². The molecule has 0 atom stereocenters. The lowest BCUT2D eigenvalue weighted by Crippen LogP contribution is -2.51. The van der Waals surface area contributed by atoms with Crippen molar-refractivity contribution < 1.29 is 14.0 Å². The zero-order valence-electron chi connectivity index (χ0n) is 17.4. The van der Waals surface area contributed by atoms with Crippen molar-refractivity contribution in [3.63, 3.8) is 0 Å². The van der Waals surface area contributed by atoms with Crippen LogP contribution in [0.2, 0.25) is 0 Å². The molecule has 0 spiro atoms. The fourth-order valence-corrected chi connectivity index (χ4v) is 4.40. The Morgan fingerprint density at radius 2 is 1.36 bits per heavy atom. The van der Waals surface area contributed by atoms with Crippen LogP contribution in [-0.4, -0.2) is 43.2 Å². The van der Waals surface area contributed by atoms with E-state index in [2.05, 4.69) is 39.0 Å². The molecule has 0 N–H and O–H groups in total. The van der Waals surface area contributed by atoms with E-state index >= 15 is 0 Å². The number of nitrogens with zero attached hydrogens (tertiary/aromatic N) is 1. The quantitative estimate of drug-likeness (QED) is 0.267. The molecule has 0 aliphatic heterocycles. The van der Waals surface area contributed by atoms with Gasteiger partial charge in [0, 0.05) is 0 Å². The van der Waals surface area contributed by atoms with Crippen LogP contribution in [0.25, 0.3) is 21.5 Å². The van der Waals surface area contributed by atoms with Gasteiger partial charge in [0.15, 0.2) is 0 Å². The lowest BCUT2D eigenvalue weighted by Gasteiger charge is -2.37. The minimum Gasteiger partial charge on any atom is -0.456 e. The Morgan fingerprint density at radius 1 is 0.821 bits per heavy atom. The van der Waals surface area contributed by atoms with Crippen molar-refractivity contribution in [3.8, 4) is 0 Å². The molecule has 3 aromatic rings. The average Bonchev–Trinajstić information content (AvgIpc) is 2.72. The number of carbonyl (C=O) groups excluding carboxylic acids is 1. The molecule has 3 nitrogen and oxygen atoms in total. The molecule has 0 fully saturated rings. The van der Waals surface area contributed by atoms with Gasteiger partial charge in [-0.1, -0.05) is 62.4 Å². The van der Waals surface area contributed by atoms with Crippen LogP contribution in [0.5, 0.6) is 0 Å². The molecule has 0 bridgehead atoms. The maximum Gasteiger partial charge on any atom is 0.339 e. The van der Waals surface area contributed by atoms with Gasteiger partial charge < -0.3 is 9.22 Å². The van der Waals surface area contributed by atoms with Gasteiger partial charge in [-0.25, -0.2) is 4.79 Å². The molecule has 0 saturated carbocycles. The van der Waals surface area contributed by atoms with Crippen molar-refractivity contribution in [2.45, 2.75) is 33.6 Å². The van der Waals surface area contributed by atoms with E-state index in [9.17, 15) is 4.79 Å². The number of quaternary nitrogens is 1. The molecule has 0 radical (unpaired) electrons. The zero-order chi connectivity index (χ0) is 20.0. The standard InChI is InChI=1S/C25H32NO2/c1-4-15-26(6-3,16-5-2)17-18-28-25(27)24-22-13-9-7-11-20(22)19-21-12-8-10-14-23(21)24/h7-14,19H,4-6,15-18H2,1-3H3/q+1. The highest BCUT2D eigenvalue weighted by molar-refractivity contribution is 6.16. The Balaban J connectivity index is 1.87. The summed E-state index contributed by atoms with van der Waals surface area (Å²) < 4.78 is 6.86. The van der Waals surface area contributed by atoms with Crippen molar-refractivity contribution in [2.24, 2.45) is 0 Å². The van der Waals surface area contributed by atoms with Crippen LogP contribution >= 0.6 is 0 Å². The summed E-state index contributed by atoms with van der Waals surface area (Å²) in [5.41, 5.74) is 0.689. The summed E-state index contributed by atoms with van der Waals surface area (Å²) in [5.74, 6) is -0.213. The predicted octanol–water partition coefficient (Wildman–Crippen LogP) is 5.81. The molecule has 0 aromatic heterocycles. The van der Waals surface area contributed by atoms with E-state index in [0.717, 1.165) is 65.0 Å². The summed E-state index contributed by atoms with van der Waals surface area (Å²) >= 11 is 0. The molecule has 0 aliphatic carbocycles. The minimum absolute atomic E-state index is 0.213. The second-order valence-electron chi connectivity index (χ2n) is 7.66. The molecule has 0 aliphatic rings. The fraction of sp³-hybridized carbons (Fsp3) is 0.400. The van der Waals surface area contributed by atoms with Crippen LogP contribution in [-0.2, 0) is 4.74 Å². The summed E-state index contributed by atoms with van der Waals surface area (Å²) in [6.07, 6.45) is 2.30. The Labute approximate surface area is 168 Å². The maximum absolute atomic E-state index is 13.1. The SMILES string of the molecule is CCC[N+](CC)(CCC)CCOC(=O)c1c2ccccc2cc2ccccc12. The summed E-state index contributed by atoms with van der Waals surface area (Å²) in [6, 6.07) is 18.3. The van der Waals surface area contributed by atoms with Gasteiger partial charge >= 0.3 is 5.97 Å². The number of rotatable bonds is 9. The fourth-order valence-electron chi connectivity index (χ4n) is 4.40. The van der Waals surface area contributed by atoms with Gasteiger partial charge in [0.1, 0.15) is 13.2 Å². The summed E-state index contributed by atoms with van der Waals surface area (Å²) in [4.78, 5) is 13.1. The van der Waals surface area contributed by atoms with Crippen molar-refractivity contribution in [1.82, 2.24) is 0 Å². The Bertz CT molecular complexity index is 888. The first-order chi connectivity index (χ1) is 13.6. The molecule has 148 valence electrons. The van der Waals surface area contributed by atoms with E-state index < -0.39 is 0 Å². The third-order valence-corrected chi connectivity index (χ3v) is 5.84. The summed E-state index contributed by atoms with van der Waals surface area (Å²) in [5, 5.41) is 4.07. The van der Waals surface area contributed by atoms with E-state index in [1.807, 2.05) is 36.4 Å². The molecule has 28 heavy (non-hydrogen) atoms. The Hall–Kier alpha value is -2.39. The molecular weight excluding hydrogens is 346 g/mol. The molecule has 0 heterocycles. The highest BCUT2D eigenvalue weighted by atomic mass is 16.5. The van der Waals surface area contributed by atoms with Gasteiger partial charge in [0.25, 0.3) is 0 Å². The van der Waals surface area contributed by atoms with Crippen molar-refractivity contribution in [2.75, 3.05) is 32.8 Å². The second kappa shape index (κ2) is 9.20. The Morgan fingerprint density at radius 3 is 1.86 bits per heavy atom. The second-order valence-corrected chi connectivity index (χ2v) is 7.66. The first-order valence-electron chi connectivity index (χ1n) is 10.6. The lowest BCUT2D eigenvalue weighted by atomic mass is 9.97. The van der Waals surface area contributed by atoms with Crippen LogP contribution < -0.4 is 0 Å². The number of likely N-dealkylation sites (N-methyl/N-ethyl adjacent to an activating group) is 1. The third-order valence-electron chi connectivity index (χ3n) is 5.84. The largest absolute Gasteiger partial charge is 0.456 e.